The first-order valence-corrected chi connectivity index (χ1v) is 10.4. The van der Waals surface area contributed by atoms with Gasteiger partial charge in [-0.1, -0.05) is 41.4 Å². The fraction of sp³-hybridized carbons (Fsp3) is 0.0500. The maximum Gasteiger partial charge on any atom is 0.261 e. The van der Waals surface area contributed by atoms with Crippen LogP contribution in [0.2, 0.25) is 10.0 Å². The van der Waals surface area contributed by atoms with E-state index in [0.717, 1.165) is 0 Å². The lowest BCUT2D eigenvalue weighted by atomic mass is 10.1. The summed E-state index contributed by atoms with van der Waals surface area (Å²) in [5, 5.41) is 3.45. The Kier molecular flexibility index (Phi) is 5.93. The number of hydrogen-bond donors (Lipinski definition) is 2. The quantitative estimate of drug-likeness (QED) is 0.567. The fourth-order valence-corrected chi connectivity index (χ4v) is 3.95. The second-order valence-corrected chi connectivity index (χ2v) is 8.53. The van der Waals surface area contributed by atoms with Crippen LogP contribution in [0.3, 0.4) is 0 Å². The minimum atomic E-state index is -3.70. The van der Waals surface area contributed by atoms with Crippen molar-refractivity contribution in [1.29, 1.82) is 0 Å². The monoisotopic (exact) mass is 434 g/mol. The van der Waals surface area contributed by atoms with Crippen LogP contribution in [0.1, 0.15) is 15.9 Å². The molecule has 3 aromatic rings. The van der Waals surface area contributed by atoms with Gasteiger partial charge in [0, 0.05) is 11.3 Å². The van der Waals surface area contributed by atoms with Gasteiger partial charge < -0.3 is 5.32 Å². The smallest absolute Gasteiger partial charge is 0.261 e. The van der Waals surface area contributed by atoms with E-state index in [0.29, 0.717) is 32.5 Å². The van der Waals surface area contributed by atoms with Gasteiger partial charge in [0.15, 0.2) is 0 Å². The van der Waals surface area contributed by atoms with Gasteiger partial charge in [-0.2, -0.15) is 0 Å². The topological polar surface area (TPSA) is 75.3 Å². The highest BCUT2D eigenvalue weighted by Gasteiger charge is 2.16. The predicted octanol–water partition coefficient (Wildman–Crippen LogP) is 5.35. The summed E-state index contributed by atoms with van der Waals surface area (Å²) in [7, 11) is -3.70. The van der Waals surface area contributed by atoms with Crippen molar-refractivity contribution in [3.05, 3.63) is 87.9 Å². The van der Waals surface area contributed by atoms with Crippen molar-refractivity contribution in [2.45, 2.75) is 11.8 Å². The van der Waals surface area contributed by atoms with Crippen molar-refractivity contribution >= 4 is 50.5 Å². The van der Waals surface area contributed by atoms with Crippen LogP contribution in [0.4, 0.5) is 11.4 Å². The number of halogens is 2. The summed E-state index contributed by atoms with van der Waals surface area (Å²) in [6, 6.07) is 17.6. The molecule has 0 atom stereocenters. The molecule has 0 heterocycles. The van der Waals surface area contributed by atoms with E-state index >= 15 is 0 Å². The zero-order valence-electron chi connectivity index (χ0n) is 14.7. The van der Waals surface area contributed by atoms with Crippen LogP contribution in [-0.4, -0.2) is 14.3 Å². The van der Waals surface area contributed by atoms with Crippen LogP contribution < -0.4 is 10.0 Å². The average Bonchev–Trinajstić information content (AvgIpc) is 2.67. The molecule has 0 aliphatic rings. The van der Waals surface area contributed by atoms with Crippen molar-refractivity contribution in [2.75, 3.05) is 10.0 Å². The molecule has 0 fully saturated rings. The molecule has 0 saturated carbocycles. The number of carbonyl (C=O) groups excluding carboxylic acids is 1. The fourth-order valence-electron chi connectivity index (χ4n) is 2.50. The van der Waals surface area contributed by atoms with Gasteiger partial charge in [0.25, 0.3) is 15.9 Å². The minimum absolute atomic E-state index is 0.163. The Balaban J connectivity index is 1.78. The Morgan fingerprint density at radius 3 is 2.25 bits per heavy atom. The molecule has 144 valence electrons. The summed E-state index contributed by atoms with van der Waals surface area (Å²) in [5.41, 5.74) is 1.90. The normalized spacial score (nSPS) is 11.1. The zero-order valence-corrected chi connectivity index (χ0v) is 17.1. The van der Waals surface area contributed by atoms with Crippen molar-refractivity contribution in [3.8, 4) is 0 Å². The maximum atomic E-state index is 12.5. The molecule has 0 saturated heterocycles. The summed E-state index contributed by atoms with van der Waals surface area (Å²) in [6.07, 6.45) is 0. The number of rotatable bonds is 5. The van der Waals surface area contributed by atoms with Crippen LogP contribution in [0.5, 0.6) is 0 Å². The summed E-state index contributed by atoms with van der Waals surface area (Å²) in [6.45, 7) is 1.72. The molecule has 0 bridgehead atoms. The molecule has 28 heavy (non-hydrogen) atoms. The second kappa shape index (κ2) is 8.22. The Morgan fingerprint density at radius 2 is 1.61 bits per heavy atom. The summed E-state index contributed by atoms with van der Waals surface area (Å²) < 4.78 is 27.5. The van der Waals surface area contributed by atoms with Gasteiger partial charge >= 0.3 is 0 Å². The van der Waals surface area contributed by atoms with Crippen LogP contribution in [0.15, 0.2) is 71.6 Å². The molecule has 0 spiro atoms. The third-order valence-electron chi connectivity index (χ3n) is 3.96. The number of anilines is 2. The molecular weight excluding hydrogens is 419 g/mol. The third kappa shape index (κ3) is 4.65. The minimum Gasteiger partial charge on any atom is -0.322 e. The van der Waals surface area contributed by atoms with Crippen molar-refractivity contribution in [1.82, 2.24) is 0 Å². The first kappa shape index (κ1) is 20.2. The van der Waals surface area contributed by atoms with E-state index < -0.39 is 10.0 Å². The van der Waals surface area contributed by atoms with E-state index in [1.807, 2.05) is 0 Å². The first-order valence-electron chi connectivity index (χ1n) is 8.21. The highest BCUT2D eigenvalue weighted by molar-refractivity contribution is 7.92. The van der Waals surface area contributed by atoms with E-state index in [1.165, 1.54) is 12.1 Å². The van der Waals surface area contributed by atoms with Gasteiger partial charge in [-0.15, -0.1) is 0 Å². The number of amides is 1. The van der Waals surface area contributed by atoms with Gasteiger partial charge in [0.2, 0.25) is 0 Å². The number of hydrogen-bond acceptors (Lipinski definition) is 3. The summed E-state index contributed by atoms with van der Waals surface area (Å²) >= 11 is 11.8. The summed E-state index contributed by atoms with van der Waals surface area (Å²) in [4.78, 5) is 12.6. The highest BCUT2D eigenvalue weighted by Crippen LogP contribution is 2.26. The number of nitrogens with one attached hydrogen (secondary N) is 2. The van der Waals surface area contributed by atoms with Crippen LogP contribution in [0.25, 0.3) is 0 Å². The number of aryl methyl sites for hydroxylation is 1. The maximum absolute atomic E-state index is 12.5. The van der Waals surface area contributed by atoms with E-state index in [4.69, 9.17) is 23.2 Å². The van der Waals surface area contributed by atoms with Gasteiger partial charge in [0.05, 0.1) is 20.6 Å². The SMILES string of the molecule is Cc1cc(C(=O)Nc2ccc(Cl)c(Cl)c2)ccc1NS(=O)(=O)c1ccccc1. The molecule has 1 amide bonds. The molecule has 5 nitrogen and oxygen atoms in total. The lowest BCUT2D eigenvalue weighted by Gasteiger charge is -2.12. The molecule has 3 aromatic carbocycles. The van der Waals surface area contributed by atoms with Crippen molar-refractivity contribution in [3.63, 3.8) is 0 Å². The van der Waals surface area contributed by atoms with Crippen molar-refractivity contribution in [2.24, 2.45) is 0 Å². The van der Waals surface area contributed by atoms with Gasteiger partial charge in [-0.05, 0) is 61.0 Å². The molecule has 0 unspecified atom stereocenters. The number of benzene rings is 3. The van der Waals surface area contributed by atoms with Gasteiger partial charge in [-0.25, -0.2) is 8.42 Å². The molecule has 0 aliphatic heterocycles. The van der Waals surface area contributed by atoms with E-state index in [9.17, 15) is 13.2 Å². The third-order valence-corrected chi connectivity index (χ3v) is 6.08. The Hall–Kier alpha value is -2.54. The lowest BCUT2D eigenvalue weighted by Crippen LogP contribution is -2.15. The Bertz CT molecular complexity index is 1130. The first-order chi connectivity index (χ1) is 13.3. The van der Waals surface area contributed by atoms with E-state index in [2.05, 4.69) is 10.0 Å². The molecule has 0 aromatic heterocycles. The van der Waals surface area contributed by atoms with Crippen LogP contribution in [0, 0.1) is 6.92 Å². The van der Waals surface area contributed by atoms with Crippen LogP contribution in [-0.2, 0) is 10.0 Å². The molecular formula is C20H16Cl2N2O3S. The van der Waals surface area contributed by atoms with Gasteiger partial charge in [0.1, 0.15) is 0 Å². The molecule has 2 N–H and O–H groups in total. The average molecular weight is 435 g/mol. The molecule has 8 heteroatoms. The molecule has 3 rings (SSSR count). The molecule has 0 radical (unpaired) electrons. The van der Waals surface area contributed by atoms with E-state index in [1.54, 1.807) is 61.5 Å². The van der Waals surface area contributed by atoms with Gasteiger partial charge in [-0.3, -0.25) is 9.52 Å². The number of carbonyl (C=O) groups is 1. The van der Waals surface area contributed by atoms with Crippen molar-refractivity contribution < 1.29 is 13.2 Å². The predicted molar refractivity (Wildman–Crippen MR) is 113 cm³/mol. The largest absolute Gasteiger partial charge is 0.322 e. The zero-order chi connectivity index (χ0) is 20.3. The van der Waals surface area contributed by atoms with Crippen LogP contribution >= 0.6 is 23.2 Å². The summed E-state index contributed by atoms with van der Waals surface area (Å²) in [5.74, 6) is -0.348. The Labute approximate surface area is 173 Å². The standard InChI is InChI=1S/C20H16Cl2N2O3S/c1-13-11-14(20(25)23-15-8-9-17(21)18(22)12-15)7-10-19(13)24-28(26,27)16-5-3-2-4-6-16/h2-12,24H,1H3,(H,23,25). The highest BCUT2D eigenvalue weighted by atomic mass is 35.5. The number of sulfonamides is 1. The van der Waals surface area contributed by atoms with E-state index in [-0.39, 0.29) is 10.8 Å². The second-order valence-electron chi connectivity index (χ2n) is 6.03. The Morgan fingerprint density at radius 1 is 0.893 bits per heavy atom. The molecule has 0 aliphatic carbocycles. The lowest BCUT2D eigenvalue weighted by molar-refractivity contribution is 0.102.